The zero-order valence-electron chi connectivity index (χ0n) is 10.9. The summed E-state index contributed by atoms with van der Waals surface area (Å²) in [7, 11) is 0. The summed E-state index contributed by atoms with van der Waals surface area (Å²) in [5.74, 6) is 3.00. The van der Waals surface area contributed by atoms with E-state index >= 15 is 0 Å². The third kappa shape index (κ3) is 3.57. The number of hydrogen-bond donors (Lipinski definition) is 1. The molecule has 0 fully saturated rings. The van der Waals surface area contributed by atoms with Gasteiger partial charge in [0, 0.05) is 18.2 Å². The molecule has 0 spiro atoms. The highest BCUT2D eigenvalue weighted by atomic mass is 16.6. The quantitative estimate of drug-likeness (QED) is 0.493. The van der Waals surface area contributed by atoms with Crippen LogP contribution in [0.5, 0.6) is 0 Å². The molecule has 1 rings (SSSR count). The van der Waals surface area contributed by atoms with Crippen LogP contribution in [-0.2, 0) is 6.54 Å². The molecule has 1 unspecified atom stereocenters. The van der Waals surface area contributed by atoms with Gasteiger partial charge in [-0.05, 0) is 18.4 Å². The van der Waals surface area contributed by atoms with E-state index in [1.54, 1.807) is 19.1 Å². The maximum Gasteiger partial charge on any atom is 0.272 e. The number of aryl methyl sites for hydroxylation is 1. The number of nitro benzene ring substituents is 1. The first-order chi connectivity index (χ1) is 8.45. The summed E-state index contributed by atoms with van der Waals surface area (Å²) < 4.78 is 0. The Kier molecular flexibility index (Phi) is 4.87. The molecule has 18 heavy (non-hydrogen) atoms. The minimum Gasteiger partial charge on any atom is -0.299 e. The minimum atomic E-state index is -0.361. The maximum atomic E-state index is 10.8. The van der Waals surface area contributed by atoms with Crippen molar-refractivity contribution in [2.24, 2.45) is 5.92 Å². The van der Waals surface area contributed by atoms with Crippen molar-refractivity contribution in [2.75, 3.05) is 0 Å². The smallest absolute Gasteiger partial charge is 0.272 e. The Balaban J connectivity index is 2.78. The van der Waals surface area contributed by atoms with Crippen LogP contribution in [0.3, 0.4) is 0 Å². The van der Waals surface area contributed by atoms with Crippen molar-refractivity contribution in [2.45, 2.75) is 33.4 Å². The van der Waals surface area contributed by atoms with Crippen molar-refractivity contribution < 1.29 is 4.92 Å². The summed E-state index contributed by atoms with van der Waals surface area (Å²) in [6.45, 7) is 6.34. The van der Waals surface area contributed by atoms with Crippen LogP contribution >= 0.6 is 0 Å². The van der Waals surface area contributed by atoms with E-state index in [9.17, 15) is 10.1 Å². The monoisotopic (exact) mass is 246 g/mol. The van der Waals surface area contributed by atoms with Gasteiger partial charge in [0.25, 0.3) is 5.69 Å². The third-order valence-electron chi connectivity index (χ3n) is 2.84. The summed E-state index contributed by atoms with van der Waals surface area (Å²) in [5.41, 5.74) is 1.69. The highest BCUT2D eigenvalue weighted by Crippen LogP contribution is 2.19. The van der Waals surface area contributed by atoms with Crippen LogP contribution in [0, 0.1) is 35.3 Å². The zero-order chi connectivity index (χ0) is 13.7. The molecular weight excluding hydrogens is 228 g/mol. The molecule has 1 atom stereocenters. The van der Waals surface area contributed by atoms with E-state index in [4.69, 9.17) is 6.42 Å². The van der Waals surface area contributed by atoms with Gasteiger partial charge in [0.05, 0.1) is 11.0 Å². The van der Waals surface area contributed by atoms with E-state index in [0.29, 0.717) is 18.0 Å². The van der Waals surface area contributed by atoms with Crippen LogP contribution in [0.2, 0.25) is 0 Å². The Bertz CT molecular complexity index is 475. The third-order valence-corrected chi connectivity index (χ3v) is 2.84. The molecule has 0 aliphatic heterocycles. The number of nitrogens with one attached hydrogen (secondary N) is 1. The number of nitrogens with zero attached hydrogens (tertiary/aromatic N) is 1. The Morgan fingerprint density at radius 1 is 1.50 bits per heavy atom. The summed E-state index contributed by atoms with van der Waals surface area (Å²) in [4.78, 5) is 10.5. The molecule has 4 heteroatoms. The molecule has 0 amide bonds. The standard InChI is InChI=1S/C14H18N2O2/c1-5-13(10(2)3)15-9-12-7-6-11(4)14(8-12)16(17)18/h1,6-8,10,13,15H,9H2,2-4H3. The SMILES string of the molecule is C#CC(NCc1ccc(C)c([N+](=O)[O-])c1)C(C)C. The highest BCUT2D eigenvalue weighted by molar-refractivity contribution is 5.42. The van der Waals surface area contributed by atoms with Crippen molar-refractivity contribution in [1.29, 1.82) is 0 Å². The van der Waals surface area contributed by atoms with Crippen molar-refractivity contribution in [3.8, 4) is 12.3 Å². The molecule has 0 aromatic heterocycles. The molecule has 1 N–H and O–H groups in total. The highest BCUT2D eigenvalue weighted by Gasteiger charge is 2.13. The van der Waals surface area contributed by atoms with E-state index < -0.39 is 0 Å². The van der Waals surface area contributed by atoms with Crippen LogP contribution in [-0.4, -0.2) is 11.0 Å². The van der Waals surface area contributed by atoms with Gasteiger partial charge in [0.1, 0.15) is 0 Å². The topological polar surface area (TPSA) is 55.2 Å². The number of hydrogen-bond acceptors (Lipinski definition) is 3. The van der Waals surface area contributed by atoms with Crippen molar-refractivity contribution in [1.82, 2.24) is 5.32 Å². The van der Waals surface area contributed by atoms with Crippen LogP contribution in [0.25, 0.3) is 0 Å². The normalized spacial score (nSPS) is 12.2. The second-order valence-electron chi connectivity index (χ2n) is 4.65. The van der Waals surface area contributed by atoms with Crippen LogP contribution in [0.4, 0.5) is 5.69 Å². The fourth-order valence-electron chi connectivity index (χ4n) is 1.68. The van der Waals surface area contributed by atoms with Gasteiger partial charge in [-0.15, -0.1) is 6.42 Å². The number of nitro groups is 1. The lowest BCUT2D eigenvalue weighted by Gasteiger charge is -2.16. The van der Waals surface area contributed by atoms with Gasteiger partial charge >= 0.3 is 0 Å². The molecule has 0 heterocycles. The predicted octanol–water partition coefficient (Wildman–Crippen LogP) is 2.65. The molecule has 1 aromatic rings. The van der Waals surface area contributed by atoms with Gasteiger partial charge in [0.2, 0.25) is 0 Å². The summed E-state index contributed by atoms with van der Waals surface area (Å²) >= 11 is 0. The molecule has 0 aliphatic rings. The molecule has 96 valence electrons. The zero-order valence-corrected chi connectivity index (χ0v) is 10.9. The van der Waals surface area contributed by atoms with Crippen molar-refractivity contribution in [3.05, 3.63) is 39.4 Å². The molecule has 1 aromatic carbocycles. The first-order valence-corrected chi connectivity index (χ1v) is 5.89. The Hall–Kier alpha value is -1.86. The van der Waals surface area contributed by atoms with E-state index in [1.807, 2.05) is 19.9 Å². The van der Waals surface area contributed by atoms with E-state index in [0.717, 1.165) is 5.56 Å². The Morgan fingerprint density at radius 3 is 2.67 bits per heavy atom. The molecule has 0 bridgehead atoms. The summed E-state index contributed by atoms with van der Waals surface area (Å²) in [5, 5.41) is 14.0. The first-order valence-electron chi connectivity index (χ1n) is 5.89. The van der Waals surface area contributed by atoms with E-state index in [2.05, 4.69) is 11.2 Å². The number of benzene rings is 1. The van der Waals surface area contributed by atoms with E-state index in [-0.39, 0.29) is 16.7 Å². The minimum absolute atomic E-state index is 0.0228. The lowest BCUT2D eigenvalue weighted by molar-refractivity contribution is -0.385. The average molecular weight is 246 g/mol. The molecule has 0 radical (unpaired) electrons. The van der Waals surface area contributed by atoms with Crippen LogP contribution < -0.4 is 5.32 Å². The lowest BCUT2D eigenvalue weighted by Crippen LogP contribution is -2.31. The van der Waals surface area contributed by atoms with Crippen LogP contribution in [0.15, 0.2) is 18.2 Å². The second kappa shape index (κ2) is 6.18. The lowest BCUT2D eigenvalue weighted by atomic mass is 10.0. The Morgan fingerprint density at radius 2 is 2.17 bits per heavy atom. The first kappa shape index (κ1) is 14.2. The fourth-order valence-corrected chi connectivity index (χ4v) is 1.68. The molecule has 0 saturated carbocycles. The molecule has 4 nitrogen and oxygen atoms in total. The van der Waals surface area contributed by atoms with Gasteiger partial charge in [-0.3, -0.25) is 15.4 Å². The maximum absolute atomic E-state index is 10.8. The van der Waals surface area contributed by atoms with Gasteiger partial charge in [-0.1, -0.05) is 31.9 Å². The van der Waals surface area contributed by atoms with Gasteiger partial charge in [-0.25, -0.2) is 0 Å². The van der Waals surface area contributed by atoms with E-state index in [1.165, 1.54) is 0 Å². The largest absolute Gasteiger partial charge is 0.299 e. The number of terminal acetylenes is 1. The molecule has 0 saturated heterocycles. The predicted molar refractivity (Wildman–Crippen MR) is 72.1 cm³/mol. The fraction of sp³-hybridized carbons (Fsp3) is 0.429. The summed E-state index contributed by atoms with van der Waals surface area (Å²) in [6, 6.07) is 5.21. The van der Waals surface area contributed by atoms with Crippen LogP contribution in [0.1, 0.15) is 25.0 Å². The second-order valence-corrected chi connectivity index (χ2v) is 4.65. The van der Waals surface area contributed by atoms with Crippen molar-refractivity contribution in [3.63, 3.8) is 0 Å². The van der Waals surface area contributed by atoms with Gasteiger partial charge in [-0.2, -0.15) is 0 Å². The average Bonchev–Trinajstić information content (AvgIpc) is 2.31. The van der Waals surface area contributed by atoms with Gasteiger partial charge in [0.15, 0.2) is 0 Å². The van der Waals surface area contributed by atoms with Gasteiger partial charge < -0.3 is 0 Å². The molecular formula is C14H18N2O2. The number of rotatable bonds is 5. The Labute approximate surface area is 108 Å². The van der Waals surface area contributed by atoms with Crippen molar-refractivity contribution >= 4 is 5.69 Å². The molecule has 0 aliphatic carbocycles. The summed E-state index contributed by atoms with van der Waals surface area (Å²) in [6.07, 6.45) is 5.42.